The summed E-state index contributed by atoms with van der Waals surface area (Å²) in [4.78, 5) is 11.1. The predicted molar refractivity (Wildman–Crippen MR) is 79.1 cm³/mol. The number of rotatable bonds is 3. The molecule has 1 aliphatic rings. The molecule has 0 spiro atoms. The van der Waals surface area contributed by atoms with Gasteiger partial charge in [0.2, 0.25) is 0 Å². The Hall–Kier alpha value is -0.980. The van der Waals surface area contributed by atoms with Gasteiger partial charge in [-0.05, 0) is 43.0 Å². The van der Waals surface area contributed by atoms with E-state index in [9.17, 15) is 18.0 Å². The van der Waals surface area contributed by atoms with E-state index in [1.54, 1.807) is 18.2 Å². The van der Waals surface area contributed by atoms with Crippen molar-refractivity contribution < 1.29 is 18.0 Å². The Bertz CT molecular complexity index is 551. The Labute approximate surface area is 136 Å². The number of hydrogen-bond acceptors (Lipinski definition) is 2. The van der Waals surface area contributed by atoms with E-state index in [-0.39, 0.29) is 5.92 Å². The molecular formula is C14H15Cl2F3N2O. The second-order valence-electron chi connectivity index (χ2n) is 5.28. The molecule has 0 aromatic heterocycles. The summed E-state index contributed by atoms with van der Waals surface area (Å²) in [5.74, 6) is -2.00. The monoisotopic (exact) mass is 354 g/mol. The lowest BCUT2D eigenvalue weighted by atomic mass is 9.87. The summed E-state index contributed by atoms with van der Waals surface area (Å²) in [7, 11) is 0. The minimum atomic E-state index is -4.87. The van der Waals surface area contributed by atoms with Crippen molar-refractivity contribution in [2.24, 2.45) is 5.92 Å². The molecule has 8 heteroatoms. The van der Waals surface area contributed by atoms with Crippen LogP contribution in [0.4, 0.5) is 13.2 Å². The SMILES string of the molecule is O=C(N[C@@H]1CNCCC1Cc1ccc(Cl)c(Cl)c1)C(F)(F)F. The molecule has 2 N–H and O–H groups in total. The summed E-state index contributed by atoms with van der Waals surface area (Å²) in [6.45, 7) is 1.01. The summed E-state index contributed by atoms with van der Waals surface area (Å²) >= 11 is 11.8. The van der Waals surface area contributed by atoms with Crippen molar-refractivity contribution in [2.75, 3.05) is 13.1 Å². The summed E-state index contributed by atoms with van der Waals surface area (Å²) in [5.41, 5.74) is 0.882. The van der Waals surface area contributed by atoms with Gasteiger partial charge in [0, 0.05) is 12.6 Å². The highest BCUT2D eigenvalue weighted by molar-refractivity contribution is 6.42. The van der Waals surface area contributed by atoms with Crippen LogP contribution in [0.1, 0.15) is 12.0 Å². The molecule has 1 amide bonds. The molecule has 1 heterocycles. The molecule has 2 atom stereocenters. The lowest BCUT2D eigenvalue weighted by Crippen LogP contribution is -2.54. The van der Waals surface area contributed by atoms with Crippen LogP contribution in [0.5, 0.6) is 0 Å². The van der Waals surface area contributed by atoms with E-state index in [4.69, 9.17) is 23.2 Å². The number of benzene rings is 1. The van der Waals surface area contributed by atoms with E-state index in [1.807, 2.05) is 0 Å². The quantitative estimate of drug-likeness (QED) is 0.875. The normalized spacial score (nSPS) is 22.4. The van der Waals surface area contributed by atoms with Crippen LogP contribution < -0.4 is 10.6 Å². The van der Waals surface area contributed by atoms with E-state index in [0.717, 1.165) is 5.56 Å². The highest BCUT2D eigenvalue weighted by atomic mass is 35.5. The first-order valence-corrected chi connectivity index (χ1v) is 7.55. The second-order valence-corrected chi connectivity index (χ2v) is 6.10. The Morgan fingerprint density at radius 3 is 2.68 bits per heavy atom. The molecule has 1 aromatic carbocycles. The topological polar surface area (TPSA) is 41.1 Å². The van der Waals surface area contributed by atoms with E-state index >= 15 is 0 Å². The van der Waals surface area contributed by atoms with Crippen LogP contribution in [-0.2, 0) is 11.2 Å². The van der Waals surface area contributed by atoms with Gasteiger partial charge in [-0.1, -0.05) is 29.3 Å². The van der Waals surface area contributed by atoms with E-state index in [0.29, 0.717) is 36.0 Å². The van der Waals surface area contributed by atoms with Crippen LogP contribution in [-0.4, -0.2) is 31.2 Å². The molecule has 2 rings (SSSR count). The third-order valence-electron chi connectivity index (χ3n) is 3.68. The number of piperidine rings is 1. The van der Waals surface area contributed by atoms with E-state index < -0.39 is 18.1 Å². The van der Waals surface area contributed by atoms with Crippen molar-refractivity contribution in [1.82, 2.24) is 10.6 Å². The zero-order valence-corrected chi connectivity index (χ0v) is 13.0. The van der Waals surface area contributed by atoms with Gasteiger partial charge in [0.15, 0.2) is 0 Å². The standard InChI is InChI=1S/C14H15Cl2F3N2O/c15-10-2-1-8(6-11(10)16)5-9-3-4-20-7-12(9)21-13(22)14(17,18)19/h1-2,6,9,12,20H,3-5,7H2,(H,21,22)/t9?,12-/m1/s1. The average Bonchev–Trinajstić information content (AvgIpc) is 2.44. The Morgan fingerprint density at radius 1 is 1.32 bits per heavy atom. The Balaban J connectivity index is 2.06. The number of carbonyl (C=O) groups excluding carboxylic acids is 1. The maximum atomic E-state index is 12.4. The molecule has 0 bridgehead atoms. The van der Waals surface area contributed by atoms with Crippen LogP contribution in [0.2, 0.25) is 10.0 Å². The van der Waals surface area contributed by atoms with Gasteiger partial charge in [0.05, 0.1) is 10.0 Å². The molecule has 22 heavy (non-hydrogen) atoms. The summed E-state index contributed by atoms with van der Waals surface area (Å²) in [5, 5.41) is 5.90. The summed E-state index contributed by atoms with van der Waals surface area (Å²) < 4.78 is 37.2. The number of amides is 1. The van der Waals surface area contributed by atoms with Gasteiger partial charge < -0.3 is 10.6 Å². The first kappa shape index (κ1) is 17.4. The number of alkyl halides is 3. The van der Waals surface area contributed by atoms with Gasteiger partial charge in [0.1, 0.15) is 0 Å². The number of halogens is 5. The summed E-state index contributed by atoms with van der Waals surface area (Å²) in [6.07, 6.45) is -3.67. The van der Waals surface area contributed by atoms with Gasteiger partial charge in [-0.3, -0.25) is 4.79 Å². The van der Waals surface area contributed by atoms with Crippen LogP contribution in [0.3, 0.4) is 0 Å². The van der Waals surface area contributed by atoms with Gasteiger partial charge in [-0.25, -0.2) is 0 Å². The third kappa shape index (κ3) is 4.51. The molecule has 1 saturated heterocycles. The van der Waals surface area contributed by atoms with Crippen LogP contribution in [0, 0.1) is 5.92 Å². The molecular weight excluding hydrogens is 340 g/mol. The van der Waals surface area contributed by atoms with Gasteiger partial charge in [-0.2, -0.15) is 13.2 Å². The number of nitrogens with one attached hydrogen (secondary N) is 2. The fourth-order valence-corrected chi connectivity index (χ4v) is 2.87. The average molecular weight is 355 g/mol. The summed E-state index contributed by atoms with van der Waals surface area (Å²) in [6, 6.07) is 4.58. The first-order chi connectivity index (χ1) is 10.3. The Kier molecular flexibility index (Phi) is 5.58. The van der Waals surface area contributed by atoms with Crippen LogP contribution in [0.15, 0.2) is 18.2 Å². The Morgan fingerprint density at radius 2 is 2.05 bits per heavy atom. The molecule has 1 aliphatic heterocycles. The second kappa shape index (κ2) is 7.06. The lowest BCUT2D eigenvalue weighted by Gasteiger charge is -2.33. The third-order valence-corrected chi connectivity index (χ3v) is 4.42. The molecule has 3 nitrogen and oxygen atoms in total. The van der Waals surface area contributed by atoms with Crippen molar-refractivity contribution in [3.05, 3.63) is 33.8 Å². The highest BCUT2D eigenvalue weighted by Gasteiger charge is 2.41. The highest BCUT2D eigenvalue weighted by Crippen LogP contribution is 2.26. The van der Waals surface area contributed by atoms with E-state index in [1.165, 1.54) is 0 Å². The van der Waals surface area contributed by atoms with Crippen LogP contribution in [0.25, 0.3) is 0 Å². The fourth-order valence-electron chi connectivity index (χ4n) is 2.55. The minimum Gasteiger partial charge on any atom is -0.344 e. The molecule has 1 unspecified atom stereocenters. The van der Waals surface area contributed by atoms with Crippen LogP contribution >= 0.6 is 23.2 Å². The van der Waals surface area contributed by atoms with Crippen molar-refractivity contribution in [2.45, 2.75) is 25.1 Å². The van der Waals surface area contributed by atoms with Crippen molar-refractivity contribution in [1.29, 1.82) is 0 Å². The number of hydrogen-bond donors (Lipinski definition) is 2. The van der Waals surface area contributed by atoms with Crippen molar-refractivity contribution in [3.8, 4) is 0 Å². The fraction of sp³-hybridized carbons (Fsp3) is 0.500. The van der Waals surface area contributed by atoms with Crippen molar-refractivity contribution in [3.63, 3.8) is 0 Å². The predicted octanol–water partition coefficient (Wildman–Crippen LogP) is 3.19. The zero-order chi connectivity index (χ0) is 16.3. The maximum Gasteiger partial charge on any atom is 0.471 e. The zero-order valence-electron chi connectivity index (χ0n) is 11.5. The van der Waals surface area contributed by atoms with Gasteiger partial charge >= 0.3 is 12.1 Å². The van der Waals surface area contributed by atoms with Gasteiger partial charge in [-0.15, -0.1) is 0 Å². The minimum absolute atomic E-state index is 0.0928. The van der Waals surface area contributed by atoms with E-state index in [2.05, 4.69) is 10.6 Å². The van der Waals surface area contributed by atoms with Gasteiger partial charge in [0.25, 0.3) is 0 Å². The molecule has 1 aromatic rings. The smallest absolute Gasteiger partial charge is 0.344 e. The molecule has 0 aliphatic carbocycles. The molecule has 0 radical (unpaired) electrons. The molecule has 1 fully saturated rings. The van der Waals surface area contributed by atoms with Crippen molar-refractivity contribution >= 4 is 29.1 Å². The maximum absolute atomic E-state index is 12.4. The first-order valence-electron chi connectivity index (χ1n) is 6.79. The molecule has 0 saturated carbocycles. The number of carbonyl (C=O) groups is 1. The lowest BCUT2D eigenvalue weighted by molar-refractivity contribution is -0.174. The molecule has 122 valence electrons. The largest absolute Gasteiger partial charge is 0.471 e.